The molecule has 0 atom stereocenters. The fourth-order valence-corrected chi connectivity index (χ4v) is 3.00. The van der Waals surface area contributed by atoms with E-state index in [2.05, 4.69) is 5.32 Å². The van der Waals surface area contributed by atoms with Crippen molar-refractivity contribution in [2.75, 3.05) is 11.9 Å². The first kappa shape index (κ1) is 21.2. The fourth-order valence-electron chi connectivity index (χ4n) is 3.00. The Morgan fingerprint density at radius 2 is 1.93 bits per heavy atom. The Hall–Kier alpha value is -3.55. The van der Waals surface area contributed by atoms with Gasteiger partial charge in [-0.1, -0.05) is 6.07 Å². The van der Waals surface area contributed by atoms with Gasteiger partial charge in [0.05, 0.1) is 12.2 Å². The Kier molecular flexibility index (Phi) is 5.96. The van der Waals surface area contributed by atoms with Crippen LogP contribution in [-0.4, -0.2) is 35.3 Å². The third-order valence-corrected chi connectivity index (χ3v) is 4.22. The van der Waals surface area contributed by atoms with Crippen LogP contribution in [0.4, 0.5) is 10.5 Å². The Morgan fingerprint density at radius 3 is 2.63 bits per heavy atom. The van der Waals surface area contributed by atoms with Gasteiger partial charge < -0.3 is 19.3 Å². The van der Waals surface area contributed by atoms with Crippen molar-refractivity contribution in [2.45, 2.75) is 39.2 Å². The standard InChI is InChI=1S/C22H23NO7/c1-22(2,3)30-21(27)23-14-9-10-15-13(12-14)6-5-11-28-18-16(19(24)25)7-4-8-17(18)29-20(15)26/h4,7-10,12H,5-6,11H2,1-3H3,(H,23,27)(H,24,25). The summed E-state index contributed by atoms with van der Waals surface area (Å²) in [5, 5.41) is 12.0. The number of rotatable bonds is 2. The van der Waals surface area contributed by atoms with Crippen LogP contribution in [0.5, 0.6) is 11.5 Å². The van der Waals surface area contributed by atoms with Gasteiger partial charge in [0.25, 0.3) is 0 Å². The van der Waals surface area contributed by atoms with E-state index in [1.807, 2.05) is 0 Å². The molecule has 1 heterocycles. The average molecular weight is 413 g/mol. The van der Waals surface area contributed by atoms with E-state index >= 15 is 0 Å². The minimum atomic E-state index is -1.17. The molecule has 158 valence electrons. The molecule has 3 rings (SSSR count). The first-order chi connectivity index (χ1) is 14.1. The molecule has 0 aliphatic carbocycles. The quantitative estimate of drug-likeness (QED) is 0.558. The van der Waals surface area contributed by atoms with E-state index in [1.54, 1.807) is 39.0 Å². The lowest BCUT2D eigenvalue weighted by molar-refractivity contribution is 0.0633. The van der Waals surface area contributed by atoms with Crippen LogP contribution in [0.2, 0.25) is 0 Å². The summed E-state index contributed by atoms with van der Waals surface area (Å²) in [6, 6.07) is 9.20. The predicted octanol–water partition coefficient (Wildman–Crippen LogP) is 4.28. The number of carbonyl (C=O) groups excluding carboxylic acids is 2. The van der Waals surface area contributed by atoms with Crippen molar-refractivity contribution in [1.29, 1.82) is 0 Å². The maximum absolute atomic E-state index is 12.8. The second-order valence-corrected chi connectivity index (χ2v) is 7.78. The van der Waals surface area contributed by atoms with E-state index in [9.17, 15) is 19.5 Å². The van der Waals surface area contributed by atoms with Gasteiger partial charge in [-0.25, -0.2) is 14.4 Å². The molecule has 2 aromatic carbocycles. The molecule has 1 aliphatic rings. The highest BCUT2D eigenvalue weighted by molar-refractivity contribution is 5.96. The van der Waals surface area contributed by atoms with Crippen LogP contribution in [0.3, 0.4) is 0 Å². The van der Waals surface area contributed by atoms with Gasteiger partial charge in [-0.3, -0.25) is 5.32 Å². The molecular formula is C22H23NO7. The summed E-state index contributed by atoms with van der Waals surface area (Å²) >= 11 is 0. The first-order valence-corrected chi connectivity index (χ1v) is 9.48. The van der Waals surface area contributed by atoms with Gasteiger partial charge >= 0.3 is 18.0 Å². The number of carboxylic acid groups (broad SMARTS) is 1. The van der Waals surface area contributed by atoms with Gasteiger partial charge in [-0.05, 0) is 69.5 Å². The molecule has 0 saturated carbocycles. The molecular weight excluding hydrogens is 390 g/mol. The second-order valence-electron chi connectivity index (χ2n) is 7.78. The molecule has 2 N–H and O–H groups in total. The minimum Gasteiger partial charge on any atom is -0.489 e. The van der Waals surface area contributed by atoms with Crippen molar-refractivity contribution in [3.8, 4) is 11.5 Å². The minimum absolute atomic E-state index is 0.0324. The highest BCUT2D eigenvalue weighted by atomic mass is 16.6. The molecule has 8 heteroatoms. The summed E-state index contributed by atoms with van der Waals surface area (Å²) in [5.41, 5.74) is 0.793. The van der Waals surface area contributed by atoms with Crippen LogP contribution < -0.4 is 14.8 Å². The zero-order valence-corrected chi connectivity index (χ0v) is 17.0. The van der Waals surface area contributed by atoms with E-state index in [0.717, 1.165) is 0 Å². The normalized spacial score (nSPS) is 13.8. The molecule has 0 saturated heterocycles. The Bertz CT molecular complexity index is 991. The fraction of sp³-hybridized carbons (Fsp3) is 0.318. The van der Waals surface area contributed by atoms with Crippen LogP contribution >= 0.6 is 0 Å². The molecule has 0 aromatic heterocycles. The summed E-state index contributed by atoms with van der Waals surface area (Å²) in [6.07, 6.45) is 0.408. The molecule has 2 aromatic rings. The topological polar surface area (TPSA) is 111 Å². The number of ether oxygens (including phenoxy) is 3. The lowest BCUT2D eigenvalue weighted by Crippen LogP contribution is -2.27. The number of carboxylic acids is 1. The predicted molar refractivity (Wildman–Crippen MR) is 108 cm³/mol. The zero-order chi connectivity index (χ0) is 21.9. The van der Waals surface area contributed by atoms with E-state index in [4.69, 9.17) is 14.2 Å². The molecule has 30 heavy (non-hydrogen) atoms. The van der Waals surface area contributed by atoms with Crippen molar-refractivity contribution < 1.29 is 33.7 Å². The first-order valence-electron chi connectivity index (χ1n) is 9.48. The third-order valence-electron chi connectivity index (χ3n) is 4.22. The summed E-state index contributed by atoms with van der Waals surface area (Å²) in [7, 11) is 0. The van der Waals surface area contributed by atoms with E-state index in [1.165, 1.54) is 18.2 Å². The van der Waals surface area contributed by atoms with Crippen LogP contribution in [-0.2, 0) is 11.2 Å². The summed E-state index contributed by atoms with van der Waals surface area (Å²) in [4.78, 5) is 36.2. The van der Waals surface area contributed by atoms with E-state index in [0.29, 0.717) is 29.7 Å². The molecule has 1 aliphatic heterocycles. The Balaban J connectivity index is 1.88. The van der Waals surface area contributed by atoms with Gasteiger partial charge in [0.1, 0.15) is 11.2 Å². The zero-order valence-electron chi connectivity index (χ0n) is 17.0. The third kappa shape index (κ3) is 5.08. The highest BCUT2D eigenvalue weighted by Crippen LogP contribution is 2.33. The summed E-state index contributed by atoms with van der Waals surface area (Å²) in [5.74, 6) is -1.73. The number of amides is 1. The number of aryl methyl sites for hydroxylation is 1. The maximum atomic E-state index is 12.8. The molecule has 0 spiro atoms. The number of fused-ring (bicyclic) bond motifs is 2. The number of aromatic carboxylic acids is 1. The Morgan fingerprint density at radius 1 is 1.17 bits per heavy atom. The molecule has 0 fully saturated rings. The molecule has 0 radical (unpaired) electrons. The monoisotopic (exact) mass is 413 g/mol. The summed E-state index contributed by atoms with van der Waals surface area (Å²) < 4.78 is 16.3. The number of hydrogen-bond donors (Lipinski definition) is 2. The average Bonchev–Trinajstić information content (AvgIpc) is 2.64. The number of benzene rings is 2. The molecule has 8 nitrogen and oxygen atoms in total. The largest absolute Gasteiger partial charge is 0.489 e. The number of hydrogen-bond acceptors (Lipinski definition) is 6. The van der Waals surface area contributed by atoms with Crippen LogP contribution in [0, 0.1) is 0 Å². The van der Waals surface area contributed by atoms with Crippen molar-refractivity contribution in [3.63, 3.8) is 0 Å². The maximum Gasteiger partial charge on any atom is 0.412 e. The highest BCUT2D eigenvalue weighted by Gasteiger charge is 2.23. The second kappa shape index (κ2) is 8.44. The molecule has 0 bridgehead atoms. The smallest absolute Gasteiger partial charge is 0.412 e. The lowest BCUT2D eigenvalue weighted by Gasteiger charge is -2.20. The molecule has 1 amide bonds. The number of para-hydroxylation sites is 1. The number of carbonyl (C=O) groups is 3. The van der Waals surface area contributed by atoms with Gasteiger partial charge in [0.15, 0.2) is 11.5 Å². The van der Waals surface area contributed by atoms with Gasteiger partial charge in [-0.15, -0.1) is 0 Å². The number of anilines is 1. The van der Waals surface area contributed by atoms with Crippen LogP contribution in [0.15, 0.2) is 36.4 Å². The van der Waals surface area contributed by atoms with Crippen LogP contribution in [0.1, 0.15) is 53.5 Å². The van der Waals surface area contributed by atoms with Crippen molar-refractivity contribution in [2.24, 2.45) is 0 Å². The van der Waals surface area contributed by atoms with Crippen LogP contribution in [0.25, 0.3) is 0 Å². The van der Waals surface area contributed by atoms with E-state index in [-0.39, 0.29) is 23.7 Å². The molecule has 0 unspecified atom stereocenters. The Labute approximate surface area is 173 Å². The number of nitrogens with one attached hydrogen (secondary N) is 1. The van der Waals surface area contributed by atoms with E-state index < -0.39 is 23.6 Å². The van der Waals surface area contributed by atoms with Crippen molar-refractivity contribution in [1.82, 2.24) is 0 Å². The van der Waals surface area contributed by atoms with Gasteiger partial charge in [0.2, 0.25) is 0 Å². The lowest BCUT2D eigenvalue weighted by atomic mass is 10.0. The van der Waals surface area contributed by atoms with Gasteiger partial charge in [0, 0.05) is 5.69 Å². The number of esters is 1. The summed E-state index contributed by atoms with van der Waals surface area (Å²) in [6.45, 7) is 5.54. The van der Waals surface area contributed by atoms with Gasteiger partial charge in [-0.2, -0.15) is 0 Å². The SMILES string of the molecule is CC(C)(C)OC(=O)Nc1ccc2c(c1)CCCOc1c(cccc1C(=O)O)OC2=O. The van der Waals surface area contributed by atoms with Crippen molar-refractivity contribution in [3.05, 3.63) is 53.1 Å². The van der Waals surface area contributed by atoms with Crippen molar-refractivity contribution >= 4 is 23.7 Å².